The molecule has 0 aliphatic rings. The third kappa shape index (κ3) is 3.42. The van der Waals surface area contributed by atoms with Gasteiger partial charge in [-0.1, -0.05) is 48.5 Å². The maximum atomic E-state index is 4.65. The van der Waals surface area contributed by atoms with E-state index < -0.39 is 0 Å². The summed E-state index contributed by atoms with van der Waals surface area (Å²) in [5.74, 6) is 0.802. The predicted molar refractivity (Wildman–Crippen MR) is 121 cm³/mol. The molecule has 0 bridgehead atoms. The molecule has 30 heavy (non-hydrogen) atoms. The monoisotopic (exact) mass is 391 g/mol. The first-order chi connectivity index (χ1) is 14.8. The summed E-state index contributed by atoms with van der Waals surface area (Å²) in [7, 11) is 0. The first kappa shape index (κ1) is 18.1. The van der Waals surface area contributed by atoms with Crippen molar-refractivity contribution < 1.29 is 0 Å². The highest BCUT2D eigenvalue weighted by atomic mass is 15.1. The average Bonchev–Trinajstić information content (AvgIpc) is 3.19. The van der Waals surface area contributed by atoms with Crippen LogP contribution in [0.2, 0.25) is 0 Å². The van der Waals surface area contributed by atoms with E-state index in [1.807, 2.05) is 24.3 Å². The molecule has 0 aliphatic carbocycles. The number of benzene rings is 2. The summed E-state index contributed by atoms with van der Waals surface area (Å²) in [6.07, 6.45) is 5.57. The minimum absolute atomic E-state index is 0.594. The van der Waals surface area contributed by atoms with Crippen LogP contribution >= 0.6 is 0 Å². The molecular weight excluding hydrogens is 370 g/mol. The van der Waals surface area contributed by atoms with Crippen LogP contribution in [0.25, 0.3) is 27.8 Å². The molecule has 0 saturated carbocycles. The summed E-state index contributed by atoms with van der Waals surface area (Å²) in [5.41, 5.74) is 6.34. The first-order valence-electron chi connectivity index (χ1n) is 9.92. The molecule has 0 fully saturated rings. The summed E-state index contributed by atoms with van der Waals surface area (Å²) in [5, 5.41) is 4.46. The Kier molecular flexibility index (Phi) is 4.69. The summed E-state index contributed by atoms with van der Waals surface area (Å²) in [4.78, 5) is 13.6. The lowest BCUT2D eigenvalue weighted by Crippen LogP contribution is -2.04. The molecule has 5 heteroatoms. The zero-order valence-corrected chi connectivity index (χ0v) is 16.7. The van der Waals surface area contributed by atoms with Gasteiger partial charge in [0, 0.05) is 23.6 Å². The summed E-state index contributed by atoms with van der Waals surface area (Å²) < 4.78 is 2.14. The van der Waals surface area contributed by atoms with E-state index in [0.717, 1.165) is 39.4 Å². The third-order valence-corrected chi connectivity index (χ3v) is 5.11. The van der Waals surface area contributed by atoms with Crippen LogP contribution in [0.5, 0.6) is 0 Å². The van der Waals surface area contributed by atoms with Crippen molar-refractivity contribution in [3.63, 3.8) is 0 Å². The average molecular weight is 391 g/mol. The molecule has 0 atom stereocenters. The van der Waals surface area contributed by atoms with Crippen LogP contribution in [0.1, 0.15) is 11.3 Å². The molecule has 0 aliphatic heterocycles. The van der Waals surface area contributed by atoms with Crippen molar-refractivity contribution in [2.45, 2.75) is 13.5 Å². The third-order valence-electron chi connectivity index (χ3n) is 5.11. The van der Waals surface area contributed by atoms with Crippen LogP contribution in [0.4, 0.5) is 5.82 Å². The summed E-state index contributed by atoms with van der Waals surface area (Å²) >= 11 is 0. The molecule has 0 saturated heterocycles. The fraction of sp³-hybridized carbons (Fsp3) is 0.0800. The van der Waals surface area contributed by atoms with Crippen molar-refractivity contribution in [3.05, 3.63) is 103 Å². The second-order valence-corrected chi connectivity index (χ2v) is 7.21. The number of nitrogens with one attached hydrogen (secondary N) is 1. The van der Waals surface area contributed by atoms with Gasteiger partial charge in [0.25, 0.3) is 0 Å². The van der Waals surface area contributed by atoms with E-state index in [0.29, 0.717) is 6.54 Å². The van der Waals surface area contributed by atoms with Crippen molar-refractivity contribution in [1.82, 2.24) is 19.5 Å². The number of hydrogen-bond acceptors (Lipinski definition) is 4. The molecule has 0 unspecified atom stereocenters. The smallest absolute Gasteiger partial charge is 0.150 e. The molecule has 3 heterocycles. The zero-order valence-electron chi connectivity index (χ0n) is 16.7. The highest BCUT2D eigenvalue weighted by Gasteiger charge is 2.17. The predicted octanol–water partition coefficient (Wildman–Crippen LogP) is 5.40. The van der Waals surface area contributed by atoms with Crippen molar-refractivity contribution in [3.8, 4) is 16.8 Å². The molecule has 1 N–H and O–H groups in total. The van der Waals surface area contributed by atoms with Gasteiger partial charge in [-0.05, 0) is 42.3 Å². The molecule has 0 spiro atoms. The Labute approximate surface area is 175 Å². The van der Waals surface area contributed by atoms with Crippen LogP contribution < -0.4 is 5.32 Å². The molecule has 3 aromatic heterocycles. The number of aryl methyl sites for hydroxylation is 1. The molecular formula is C25H21N5. The van der Waals surface area contributed by atoms with Gasteiger partial charge in [-0.15, -0.1) is 0 Å². The van der Waals surface area contributed by atoms with E-state index in [9.17, 15) is 0 Å². The minimum atomic E-state index is 0.594. The van der Waals surface area contributed by atoms with Crippen molar-refractivity contribution in [2.24, 2.45) is 0 Å². The largest absolute Gasteiger partial charge is 0.364 e. The molecule has 5 nitrogen and oxygen atoms in total. The van der Waals surface area contributed by atoms with Crippen molar-refractivity contribution in [1.29, 1.82) is 0 Å². The second-order valence-electron chi connectivity index (χ2n) is 7.21. The molecule has 5 rings (SSSR count). The normalized spacial score (nSPS) is 11.0. The standard InChI is InChI=1S/C25H21N5/c1-18-8-7-12-21(14-18)30-16-22(19-9-3-2-4-10-19)23-24(28-17-29-25(23)30)27-15-20-11-5-6-13-26-20/h2-14,16-17H,15H2,1H3,(H,27,28,29). The Hall–Kier alpha value is -3.99. The number of rotatable bonds is 5. The maximum Gasteiger partial charge on any atom is 0.150 e. The SMILES string of the molecule is Cc1cccc(-n2cc(-c3ccccc3)c3c(NCc4ccccn4)ncnc32)c1. The minimum Gasteiger partial charge on any atom is -0.364 e. The number of anilines is 1. The first-order valence-corrected chi connectivity index (χ1v) is 9.92. The highest BCUT2D eigenvalue weighted by molar-refractivity contribution is 6.02. The van der Waals surface area contributed by atoms with Crippen molar-refractivity contribution in [2.75, 3.05) is 5.32 Å². The molecule has 5 aromatic rings. The van der Waals surface area contributed by atoms with Gasteiger partial charge in [0.15, 0.2) is 5.65 Å². The Morgan fingerprint density at radius 3 is 2.53 bits per heavy atom. The lowest BCUT2D eigenvalue weighted by molar-refractivity contribution is 1.02. The van der Waals surface area contributed by atoms with Gasteiger partial charge in [-0.2, -0.15) is 0 Å². The van der Waals surface area contributed by atoms with E-state index in [-0.39, 0.29) is 0 Å². The van der Waals surface area contributed by atoms with Crippen molar-refractivity contribution >= 4 is 16.9 Å². The van der Waals surface area contributed by atoms with Crippen LogP contribution in [0.15, 0.2) is 91.5 Å². The summed E-state index contributed by atoms with van der Waals surface area (Å²) in [6.45, 7) is 2.69. The van der Waals surface area contributed by atoms with Crippen LogP contribution in [-0.4, -0.2) is 19.5 Å². The number of nitrogens with zero attached hydrogens (tertiary/aromatic N) is 4. The Bertz CT molecular complexity index is 1290. The fourth-order valence-corrected chi connectivity index (χ4v) is 3.68. The van der Waals surface area contributed by atoms with Gasteiger partial charge in [0.1, 0.15) is 12.1 Å². The quantitative estimate of drug-likeness (QED) is 0.436. The maximum absolute atomic E-state index is 4.65. The van der Waals surface area contributed by atoms with Gasteiger partial charge >= 0.3 is 0 Å². The van der Waals surface area contributed by atoms with E-state index in [1.54, 1.807) is 12.5 Å². The van der Waals surface area contributed by atoms with E-state index >= 15 is 0 Å². The Balaban J connectivity index is 1.68. The fourth-order valence-electron chi connectivity index (χ4n) is 3.68. The van der Waals surface area contributed by atoms with Gasteiger partial charge in [-0.25, -0.2) is 9.97 Å². The molecule has 2 aromatic carbocycles. The lowest BCUT2D eigenvalue weighted by atomic mass is 10.1. The number of hydrogen-bond donors (Lipinski definition) is 1. The van der Waals surface area contributed by atoms with Crippen LogP contribution in [-0.2, 0) is 6.54 Å². The van der Waals surface area contributed by atoms with E-state index in [2.05, 4.69) is 86.5 Å². The van der Waals surface area contributed by atoms with Crippen LogP contribution in [0.3, 0.4) is 0 Å². The highest BCUT2D eigenvalue weighted by Crippen LogP contribution is 2.35. The second kappa shape index (κ2) is 7.79. The number of pyridine rings is 1. The zero-order chi connectivity index (χ0) is 20.3. The van der Waals surface area contributed by atoms with Gasteiger partial charge in [0.05, 0.1) is 17.6 Å². The van der Waals surface area contributed by atoms with E-state index in [4.69, 9.17) is 0 Å². The lowest BCUT2D eigenvalue weighted by Gasteiger charge is -2.09. The number of fused-ring (bicyclic) bond motifs is 1. The molecule has 0 amide bonds. The summed E-state index contributed by atoms with van der Waals surface area (Å²) in [6, 6.07) is 24.7. The molecule has 0 radical (unpaired) electrons. The number of aromatic nitrogens is 4. The van der Waals surface area contributed by atoms with Gasteiger partial charge in [0.2, 0.25) is 0 Å². The van der Waals surface area contributed by atoms with E-state index in [1.165, 1.54) is 5.56 Å². The Morgan fingerprint density at radius 1 is 0.867 bits per heavy atom. The molecule has 146 valence electrons. The Morgan fingerprint density at radius 2 is 1.73 bits per heavy atom. The van der Waals surface area contributed by atoms with Gasteiger partial charge in [-0.3, -0.25) is 4.98 Å². The topological polar surface area (TPSA) is 55.6 Å². The van der Waals surface area contributed by atoms with Crippen LogP contribution in [0, 0.1) is 6.92 Å². The van der Waals surface area contributed by atoms with Gasteiger partial charge < -0.3 is 9.88 Å².